The monoisotopic (exact) mass is 338 g/mol. The van der Waals surface area contributed by atoms with Gasteiger partial charge in [-0.25, -0.2) is 9.78 Å². The molecule has 134 valence electrons. The summed E-state index contributed by atoms with van der Waals surface area (Å²) in [6.07, 6.45) is 3.09. The third-order valence-corrected chi connectivity index (χ3v) is 4.36. The predicted molar refractivity (Wildman–Crippen MR) is 92.4 cm³/mol. The Labute approximate surface area is 141 Å². The zero-order valence-corrected chi connectivity index (χ0v) is 14.9. The number of rotatable bonds is 8. The van der Waals surface area contributed by atoms with E-state index < -0.39 is 11.8 Å². The van der Waals surface area contributed by atoms with Crippen LogP contribution >= 0.6 is 0 Å². The molecule has 0 aliphatic rings. The largest absolute Gasteiger partial charge is 0.385 e. The van der Waals surface area contributed by atoms with Gasteiger partial charge in [-0.3, -0.25) is 13.9 Å². The van der Waals surface area contributed by atoms with Crippen molar-refractivity contribution in [2.75, 3.05) is 19.6 Å². The fourth-order valence-electron chi connectivity index (χ4n) is 3.20. The second kappa shape index (κ2) is 7.76. The summed E-state index contributed by atoms with van der Waals surface area (Å²) in [7, 11) is 3.04. The minimum absolute atomic E-state index is 0.293. The van der Waals surface area contributed by atoms with E-state index in [1.807, 2.05) is 0 Å². The lowest BCUT2D eigenvalue weighted by molar-refractivity contribution is -0.903. The van der Waals surface area contributed by atoms with Gasteiger partial charge in [-0.15, -0.1) is 0 Å². The van der Waals surface area contributed by atoms with E-state index >= 15 is 0 Å². The van der Waals surface area contributed by atoms with Crippen molar-refractivity contribution in [2.45, 2.75) is 39.3 Å². The second-order valence-electron chi connectivity index (χ2n) is 6.38. The molecule has 2 N–H and O–H groups in total. The van der Waals surface area contributed by atoms with Crippen molar-refractivity contribution in [1.29, 1.82) is 0 Å². The first-order chi connectivity index (χ1) is 11.4. The molecule has 0 unspecified atom stereocenters. The molecule has 0 aliphatic carbocycles. The molecule has 2 heterocycles. The van der Waals surface area contributed by atoms with Crippen LogP contribution < -0.4 is 16.1 Å². The SMILES string of the molecule is CCC[NH+](CCC)C[C@H](O)Cn1cnc2c1c(=O)n(C)c(=O)n2C. The Hall–Kier alpha value is -1.93. The maximum atomic E-state index is 12.4. The van der Waals surface area contributed by atoms with E-state index in [1.165, 1.54) is 22.8 Å². The van der Waals surface area contributed by atoms with Crippen molar-refractivity contribution in [1.82, 2.24) is 18.7 Å². The minimum Gasteiger partial charge on any atom is -0.385 e. The van der Waals surface area contributed by atoms with E-state index in [0.717, 1.165) is 30.5 Å². The summed E-state index contributed by atoms with van der Waals surface area (Å²) in [6, 6.07) is 0. The Morgan fingerprint density at radius 3 is 2.38 bits per heavy atom. The van der Waals surface area contributed by atoms with Crippen LogP contribution in [0.4, 0.5) is 0 Å². The van der Waals surface area contributed by atoms with Crippen LogP contribution in [-0.2, 0) is 20.6 Å². The average Bonchev–Trinajstić information content (AvgIpc) is 2.95. The van der Waals surface area contributed by atoms with Crippen LogP contribution in [0.2, 0.25) is 0 Å². The van der Waals surface area contributed by atoms with Crippen LogP contribution in [0.1, 0.15) is 26.7 Å². The number of fused-ring (bicyclic) bond motifs is 1. The average molecular weight is 338 g/mol. The van der Waals surface area contributed by atoms with Crippen molar-refractivity contribution in [2.24, 2.45) is 14.1 Å². The van der Waals surface area contributed by atoms with Gasteiger partial charge in [-0.05, 0) is 12.8 Å². The van der Waals surface area contributed by atoms with Crippen molar-refractivity contribution >= 4 is 11.2 Å². The number of aromatic nitrogens is 4. The van der Waals surface area contributed by atoms with Crippen LogP contribution in [0.3, 0.4) is 0 Å². The number of hydrogen-bond acceptors (Lipinski definition) is 4. The highest BCUT2D eigenvalue weighted by Crippen LogP contribution is 2.06. The number of nitrogens with zero attached hydrogens (tertiary/aromatic N) is 4. The number of quaternary nitrogens is 1. The Morgan fingerprint density at radius 1 is 1.17 bits per heavy atom. The molecule has 0 saturated carbocycles. The summed E-state index contributed by atoms with van der Waals surface area (Å²) in [4.78, 5) is 29.9. The Bertz CT molecular complexity index is 798. The predicted octanol–water partition coefficient (Wildman–Crippen LogP) is -1.50. The number of hydrogen-bond donors (Lipinski definition) is 2. The van der Waals surface area contributed by atoms with Crippen molar-refractivity contribution in [3.63, 3.8) is 0 Å². The van der Waals surface area contributed by atoms with Crippen LogP contribution in [-0.4, -0.2) is 49.5 Å². The lowest BCUT2D eigenvalue weighted by atomic mass is 10.2. The number of aliphatic hydroxyl groups is 1. The van der Waals surface area contributed by atoms with Gasteiger partial charge in [0.15, 0.2) is 11.2 Å². The molecule has 24 heavy (non-hydrogen) atoms. The van der Waals surface area contributed by atoms with E-state index in [0.29, 0.717) is 24.3 Å². The number of aliphatic hydroxyl groups excluding tert-OH is 1. The molecule has 0 spiro atoms. The minimum atomic E-state index is -0.572. The third-order valence-electron chi connectivity index (χ3n) is 4.36. The van der Waals surface area contributed by atoms with E-state index in [1.54, 1.807) is 11.6 Å². The standard InChI is InChI=1S/C16H27N5O3/c1-5-7-20(8-6-2)9-12(22)10-21-11-17-14-13(21)15(23)19(4)16(24)18(14)3/h11-12,22H,5-10H2,1-4H3/p+1/t12-/m0/s1. The first-order valence-corrected chi connectivity index (χ1v) is 8.53. The van der Waals surface area contributed by atoms with Crippen LogP contribution in [0.25, 0.3) is 11.2 Å². The van der Waals surface area contributed by atoms with E-state index in [9.17, 15) is 14.7 Å². The molecule has 0 bridgehead atoms. The smallest absolute Gasteiger partial charge is 0.332 e. The van der Waals surface area contributed by atoms with E-state index in [2.05, 4.69) is 18.8 Å². The molecular formula is C16H28N5O3+. The molecule has 8 heteroatoms. The summed E-state index contributed by atoms with van der Waals surface area (Å²) in [5.74, 6) is 0. The quantitative estimate of drug-likeness (QED) is 0.613. The summed E-state index contributed by atoms with van der Waals surface area (Å²) in [5, 5.41) is 10.4. The molecule has 0 radical (unpaired) electrons. The Morgan fingerprint density at radius 2 is 1.79 bits per heavy atom. The van der Waals surface area contributed by atoms with Crippen LogP contribution in [0.5, 0.6) is 0 Å². The molecule has 0 fully saturated rings. The molecule has 0 aromatic carbocycles. The van der Waals surface area contributed by atoms with Gasteiger partial charge in [-0.2, -0.15) is 0 Å². The molecular weight excluding hydrogens is 310 g/mol. The van der Waals surface area contributed by atoms with Gasteiger partial charge in [0.25, 0.3) is 5.56 Å². The van der Waals surface area contributed by atoms with Crippen LogP contribution in [0, 0.1) is 0 Å². The van der Waals surface area contributed by atoms with Gasteiger partial charge >= 0.3 is 5.69 Å². The number of aryl methyl sites for hydroxylation is 1. The molecule has 2 aromatic heterocycles. The van der Waals surface area contributed by atoms with Gasteiger partial charge in [0, 0.05) is 14.1 Å². The molecule has 8 nitrogen and oxygen atoms in total. The molecule has 0 aliphatic heterocycles. The highest BCUT2D eigenvalue weighted by Gasteiger charge is 2.19. The maximum Gasteiger partial charge on any atom is 0.332 e. The lowest BCUT2D eigenvalue weighted by Crippen LogP contribution is -3.13. The number of nitrogens with one attached hydrogen (secondary N) is 1. The highest BCUT2D eigenvalue weighted by molar-refractivity contribution is 5.69. The van der Waals surface area contributed by atoms with Crippen molar-refractivity contribution in [3.05, 3.63) is 27.2 Å². The van der Waals surface area contributed by atoms with E-state index in [-0.39, 0.29) is 5.56 Å². The Balaban J connectivity index is 2.27. The Kier molecular flexibility index (Phi) is 5.95. The number of imidazole rings is 1. The zero-order valence-electron chi connectivity index (χ0n) is 14.9. The van der Waals surface area contributed by atoms with Gasteiger partial charge in [0.05, 0.1) is 26.0 Å². The molecule has 2 rings (SSSR count). The maximum absolute atomic E-state index is 12.4. The third kappa shape index (κ3) is 3.59. The van der Waals surface area contributed by atoms with Crippen molar-refractivity contribution < 1.29 is 10.0 Å². The second-order valence-corrected chi connectivity index (χ2v) is 6.38. The molecule has 2 aromatic rings. The summed E-state index contributed by atoms with van der Waals surface area (Å²) < 4.78 is 4.07. The van der Waals surface area contributed by atoms with Gasteiger partial charge in [0.1, 0.15) is 12.6 Å². The fourth-order valence-corrected chi connectivity index (χ4v) is 3.20. The topological polar surface area (TPSA) is 86.5 Å². The zero-order chi connectivity index (χ0) is 17.9. The fraction of sp³-hybridized carbons (Fsp3) is 0.688. The molecule has 1 atom stereocenters. The highest BCUT2D eigenvalue weighted by atomic mass is 16.3. The molecule has 0 amide bonds. The van der Waals surface area contributed by atoms with Gasteiger partial charge in [0.2, 0.25) is 0 Å². The van der Waals surface area contributed by atoms with Crippen molar-refractivity contribution in [3.8, 4) is 0 Å². The van der Waals surface area contributed by atoms with E-state index in [4.69, 9.17) is 0 Å². The lowest BCUT2D eigenvalue weighted by Gasteiger charge is -2.21. The van der Waals surface area contributed by atoms with Gasteiger partial charge < -0.3 is 14.6 Å². The summed E-state index contributed by atoms with van der Waals surface area (Å²) in [5.41, 5.74) is -0.0864. The first-order valence-electron chi connectivity index (χ1n) is 8.53. The van der Waals surface area contributed by atoms with Crippen LogP contribution in [0.15, 0.2) is 15.9 Å². The molecule has 0 saturated heterocycles. The van der Waals surface area contributed by atoms with Gasteiger partial charge in [-0.1, -0.05) is 13.8 Å². The summed E-state index contributed by atoms with van der Waals surface area (Å²) in [6.45, 7) is 7.23. The first kappa shape index (κ1) is 18.4. The normalized spacial score (nSPS) is 13.1. The summed E-state index contributed by atoms with van der Waals surface area (Å²) >= 11 is 0.